The van der Waals surface area contributed by atoms with Crippen LogP contribution in [0.3, 0.4) is 0 Å². The number of thioether (sulfide) groups is 3. The van der Waals surface area contributed by atoms with E-state index in [9.17, 15) is 59.4 Å². The van der Waals surface area contributed by atoms with Crippen LogP contribution in [0.1, 0.15) is 271 Å². The van der Waals surface area contributed by atoms with Crippen LogP contribution in [-0.4, -0.2) is 116 Å². The average molecular weight is 1350 g/mol. The number of aliphatic hydroxyl groups is 4. The van der Waals surface area contributed by atoms with Gasteiger partial charge in [0.25, 0.3) is 0 Å². The molecule has 3 unspecified atom stereocenters. The van der Waals surface area contributed by atoms with Gasteiger partial charge in [-0.1, -0.05) is 213 Å². The van der Waals surface area contributed by atoms with Gasteiger partial charge in [-0.3, -0.25) is 0 Å². The number of carboxylic acids is 6. The third-order valence-corrected chi connectivity index (χ3v) is 17.1. The van der Waals surface area contributed by atoms with Gasteiger partial charge in [0.2, 0.25) is 0 Å². The van der Waals surface area contributed by atoms with Crippen molar-refractivity contribution in [3.05, 3.63) is 0 Å². The first kappa shape index (κ1) is 91.1. The summed E-state index contributed by atoms with van der Waals surface area (Å²) in [5, 5.41) is 97.3. The molecule has 0 aliphatic heterocycles. The molecule has 0 rings (SSSR count). The van der Waals surface area contributed by atoms with E-state index in [1.165, 1.54) is 189 Å². The second-order valence-electron chi connectivity index (χ2n) is 20.6. The van der Waals surface area contributed by atoms with Gasteiger partial charge < -0.3 is 79.8 Å². The molecule has 0 aliphatic rings. The maximum atomic E-state index is 10.7. The number of aliphatic hydroxyl groups excluding tert-OH is 4. The summed E-state index contributed by atoms with van der Waals surface area (Å²) in [5.74, 6) is -5.15. The van der Waals surface area contributed by atoms with Gasteiger partial charge in [0.1, 0.15) is 0 Å². The Labute approximate surface area is 547 Å². The summed E-state index contributed by atoms with van der Waals surface area (Å²) in [6.45, 7) is 5.06. The van der Waals surface area contributed by atoms with Crippen molar-refractivity contribution in [2.75, 3.05) is 43.7 Å². The molecule has 0 aliphatic carbocycles. The van der Waals surface area contributed by atoms with Crippen molar-refractivity contribution in [3.63, 3.8) is 0 Å². The summed E-state index contributed by atoms with van der Waals surface area (Å²) in [5.41, 5.74) is -1.11. The van der Waals surface area contributed by atoms with Crippen LogP contribution in [0.15, 0.2) is 0 Å². The molecule has 0 amide bonds. The predicted molar refractivity (Wildman–Crippen MR) is 307 cm³/mol. The van der Waals surface area contributed by atoms with Gasteiger partial charge in [-0.15, -0.1) is 0 Å². The molecule has 21 heteroatoms. The van der Waals surface area contributed by atoms with Crippen LogP contribution in [0.25, 0.3) is 0 Å². The minimum Gasteiger partial charge on any atom is -0.550 e. The average Bonchev–Trinajstić information content (AvgIpc) is 3.38. The summed E-state index contributed by atoms with van der Waals surface area (Å²) < 4.78 is 0. The molecule has 0 fully saturated rings. The number of carboxylic acid groups (broad SMARTS) is 6. The zero-order valence-electron chi connectivity index (χ0n) is 49.8. The molecule has 0 saturated heterocycles. The van der Waals surface area contributed by atoms with Crippen LogP contribution in [0.5, 0.6) is 0 Å². The van der Waals surface area contributed by atoms with Crippen molar-refractivity contribution in [3.8, 4) is 0 Å². The summed E-state index contributed by atoms with van der Waals surface area (Å²) in [6, 6.07) is 0. The van der Waals surface area contributed by atoms with Gasteiger partial charge >= 0.3 is 65.4 Å². The monoisotopic (exact) mass is 1350 g/mol. The third kappa shape index (κ3) is 75.9. The molecule has 80 heavy (non-hydrogen) atoms. The first-order valence-electron chi connectivity index (χ1n) is 29.9. The van der Waals surface area contributed by atoms with E-state index in [1.807, 2.05) is 0 Å². The molecule has 0 bridgehead atoms. The second kappa shape index (κ2) is 71.4. The van der Waals surface area contributed by atoms with Crippen molar-refractivity contribution >= 4 is 71.1 Å². The van der Waals surface area contributed by atoms with Crippen LogP contribution in [-0.2, 0) is 94.2 Å². The maximum Gasteiger partial charge on any atom is 3.00 e. The fraction of sp³-hybridized carbons (Fsp3) is 0.898. The predicted octanol–water partition coefficient (Wildman–Crippen LogP) is 5.97. The number of carbonyl (C=O) groups is 6. The Morgan fingerprint density at radius 3 is 0.625 bits per heavy atom. The van der Waals surface area contributed by atoms with E-state index >= 15 is 0 Å². The van der Waals surface area contributed by atoms with E-state index in [2.05, 4.69) is 20.8 Å². The van der Waals surface area contributed by atoms with E-state index in [1.54, 1.807) is 0 Å². The van der Waals surface area contributed by atoms with Gasteiger partial charge in [0, 0.05) is 51.6 Å². The van der Waals surface area contributed by atoms with Gasteiger partial charge in [-0.25, -0.2) is 0 Å². The van der Waals surface area contributed by atoms with E-state index in [0.717, 1.165) is 57.8 Å². The number of unbranched alkanes of at least 4 members (excludes halogenated alkanes) is 27. The van der Waals surface area contributed by atoms with Crippen molar-refractivity contribution in [2.45, 2.75) is 287 Å². The summed E-state index contributed by atoms with van der Waals surface area (Å²) in [4.78, 5) is 63.4. The van der Waals surface area contributed by atoms with Crippen molar-refractivity contribution in [1.29, 1.82) is 0 Å². The van der Waals surface area contributed by atoms with Gasteiger partial charge in [0.05, 0.1) is 31.8 Å². The Morgan fingerprint density at radius 1 is 0.312 bits per heavy atom. The quantitative estimate of drug-likeness (QED) is 0.0509. The van der Waals surface area contributed by atoms with Crippen molar-refractivity contribution in [1.82, 2.24) is 0 Å². The van der Waals surface area contributed by atoms with Crippen LogP contribution >= 0.6 is 35.3 Å². The molecular formula is C59H108O16S3Y2. The van der Waals surface area contributed by atoms with Crippen LogP contribution in [0.2, 0.25) is 0 Å². The first-order valence-corrected chi connectivity index (χ1v) is 33.0. The third-order valence-electron chi connectivity index (χ3n) is 13.1. The van der Waals surface area contributed by atoms with Crippen molar-refractivity contribution < 1.29 is 145 Å². The summed E-state index contributed by atoms with van der Waals surface area (Å²) >= 11 is 4.25. The molecule has 0 radical (unpaired) electrons. The minimum absolute atomic E-state index is 0. The Balaban J connectivity index is -0.000000235. The molecule has 0 spiro atoms. The van der Waals surface area contributed by atoms with Gasteiger partial charge in [-0.05, 0) is 75.0 Å². The Bertz CT molecular complexity index is 1230. The van der Waals surface area contributed by atoms with Gasteiger partial charge in [0.15, 0.2) is 0 Å². The van der Waals surface area contributed by atoms with E-state index in [0.29, 0.717) is 17.3 Å². The molecule has 3 atom stereocenters. The Kier molecular flexibility index (Phi) is 81.3. The molecule has 0 aromatic heterocycles. The van der Waals surface area contributed by atoms with Crippen molar-refractivity contribution in [2.24, 2.45) is 5.41 Å². The molecule has 0 heterocycles. The van der Waals surface area contributed by atoms with Gasteiger partial charge in [-0.2, -0.15) is 35.3 Å². The molecule has 464 valence electrons. The normalized spacial score (nSPS) is 11.9. The number of aliphatic carboxylic acids is 6. The molecule has 16 nitrogen and oxygen atoms in total. The summed E-state index contributed by atoms with van der Waals surface area (Å²) in [7, 11) is 0. The van der Waals surface area contributed by atoms with E-state index in [-0.39, 0.29) is 120 Å². The van der Waals surface area contributed by atoms with Crippen LogP contribution in [0.4, 0.5) is 0 Å². The number of hydrogen-bond acceptors (Lipinski definition) is 19. The summed E-state index contributed by atoms with van der Waals surface area (Å²) in [6.07, 6.45) is 40.1. The van der Waals surface area contributed by atoms with Crippen LogP contribution in [0, 0.1) is 5.41 Å². The molecule has 0 saturated carbocycles. The zero-order valence-corrected chi connectivity index (χ0v) is 58.0. The second-order valence-corrected chi connectivity index (χ2v) is 24.8. The van der Waals surface area contributed by atoms with E-state index in [4.69, 9.17) is 20.4 Å². The number of rotatable bonds is 55. The number of hydrogen-bond donors (Lipinski definition) is 4. The van der Waals surface area contributed by atoms with E-state index < -0.39 is 67.7 Å². The molecule has 0 aromatic carbocycles. The van der Waals surface area contributed by atoms with Crippen LogP contribution < -0.4 is 30.6 Å². The smallest absolute Gasteiger partial charge is 0.550 e. The first-order chi connectivity index (χ1) is 37.4. The fourth-order valence-corrected chi connectivity index (χ4v) is 11.7. The standard InChI is InChI=1S/3C18H34O4S.C5H12O4.2Y/c3*1-2-3-4-5-6-7-8-9-10-11-12-16(15-18(21)22)23-14-13-17(19)20;6-1-5(2-7,3-8)4-9;;/h3*16H,2-15H2,1H3,(H,19,20)(H,21,22);6-9H,1-4H2;;/q;;;;2*+3/p-6. The molecular weight excluding hydrogens is 1240 g/mol. The SMILES string of the molecule is CCCCCCCCCCCCC(CC(=O)[O-])SCCC(=O)[O-].CCCCCCCCCCCCC(CC(=O)[O-])SCCC(=O)[O-].CCCCCCCCCCCCC(CC(=O)[O-])SCCC(=O)[O-].OCC(CO)(CO)CO.[Y+3].[Y+3]. The fourth-order valence-electron chi connectivity index (χ4n) is 8.10. The minimum atomic E-state index is -1.11. The maximum absolute atomic E-state index is 10.7. The topological polar surface area (TPSA) is 322 Å². The Hall–Kier alpha value is -0.0822. The zero-order chi connectivity index (χ0) is 59.3. The number of carbonyl (C=O) groups excluding carboxylic acids is 6. The molecule has 4 N–H and O–H groups in total. The largest absolute Gasteiger partial charge is 3.00 e. The Morgan fingerprint density at radius 2 is 0.487 bits per heavy atom. The molecule has 0 aromatic rings.